The largest absolute Gasteiger partial charge is 0.416 e. The number of hydrogen-bond donors (Lipinski definition) is 1. The van der Waals surface area contributed by atoms with Crippen molar-refractivity contribution in [2.24, 2.45) is 5.92 Å². The molecule has 0 spiro atoms. The number of amides is 3. The van der Waals surface area contributed by atoms with Crippen LogP contribution in [-0.4, -0.2) is 54.6 Å². The molecule has 2 aliphatic heterocycles. The second-order valence-electron chi connectivity index (χ2n) is 8.21. The lowest BCUT2D eigenvalue weighted by atomic mass is 9.90. The number of halogens is 3. The Morgan fingerprint density at radius 3 is 2.48 bits per heavy atom. The van der Waals surface area contributed by atoms with Crippen LogP contribution >= 0.6 is 0 Å². The van der Waals surface area contributed by atoms with Crippen molar-refractivity contribution in [1.82, 2.24) is 15.1 Å². The lowest BCUT2D eigenvalue weighted by molar-refractivity contribution is -0.139. The minimum atomic E-state index is -4.61. The minimum absolute atomic E-state index is 0.136. The Balaban J connectivity index is 2.09. The molecule has 6 nitrogen and oxygen atoms in total. The van der Waals surface area contributed by atoms with Crippen molar-refractivity contribution in [2.45, 2.75) is 39.4 Å². The molecule has 3 rings (SSSR count). The van der Waals surface area contributed by atoms with E-state index >= 15 is 0 Å². The summed E-state index contributed by atoms with van der Waals surface area (Å²) in [5, 5.41) is 2.67. The zero-order valence-electron chi connectivity index (χ0n) is 18.0. The molecular weight excluding hydrogens is 411 g/mol. The van der Waals surface area contributed by atoms with E-state index < -0.39 is 23.8 Å². The number of ether oxygens (including phenoxy) is 1. The molecule has 1 aromatic carbocycles. The fraction of sp³-hybridized carbons (Fsp3) is 0.545. The number of benzene rings is 1. The smallest absolute Gasteiger partial charge is 0.378 e. The Morgan fingerprint density at radius 1 is 1.23 bits per heavy atom. The predicted molar refractivity (Wildman–Crippen MR) is 109 cm³/mol. The van der Waals surface area contributed by atoms with E-state index in [9.17, 15) is 22.8 Å². The van der Waals surface area contributed by atoms with Gasteiger partial charge in [0.1, 0.15) is 0 Å². The molecule has 0 saturated carbocycles. The van der Waals surface area contributed by atoms with E-state index in [4.69, 9.17) is 4.74 Å². The summed E-state index contributed by atoms with van der Waals surface area (Å²) in [6.45, 7) is 7.48. The Hall–Kier alpha value is -2.55. The summed E-state index contributed by atoms with van der Waals surface area (Å²) in [5.74, 6) is -0.0556. The second kappa shape index (κ2) is 9.30. The van der Waals surface area contributed by atoms with Crippen LogP contribution in [0.15, 0.2) is 35.5 Å². The highest BCUT2D eigenvalue weighted by Gasteiger charge is 2.42. The number of nitrogens with one attached hydrogen (secondary N) is 1. The average Bonchev–Trinajstić information content (AvgIpc) is 2.72. The van der Waals surface area contributed by atoms with Gasteiger partial charge < -0.3 is 15.0 Å². The summed E-state index contributed by atoms with van der Waals surface area (Å²) in [4.78, 5) is 29.3. The molecular formula is C22H28F3N3O3. The van der Waals surface area contributed by atoms with Crippen LogP contribution in [0.3, 0.4) is 0 Å². The number of hydrogen-bond acceptors (Lipinski definition) is 3. The number of carbonyl (C=O) groups is 2. The van der Waals surface area contributed by atoms with E-state index in [-0.39, 0.29) is 17.0 Å². The Kier molecular flexibility index (Phi) is 6.93. The van der Waals surface area contributed by atoms with Gasteiger partial charge >= 0.3 is 12.2 Å². The molecule has 1 saturated heterocycles. The van der Waals surface area contributed by atoms with Crippen LogP contribution in [0.5, 0.6) is 0 Å². The summed E-state index contributed by atoms with van der Waals surface area (Å²) in [6, 6.07) is 3.38. The lowest BCUT2D eigenvalue weighted by Gasteiger charge is -2.39. The van der Waals surface area contributed by atoms with Crippen LogP contribution in [0, 0.1) is 5.92 Å². The molecule has 9 heteroatoms. The van der Waals surface area contributed by atoms with Gasteiger partial charge in [0.25, 0.3) is 5.91 Å². The van der Waals surface area contributed by atoms with Crippen LogP contribution in [0.4, 0.5) is 18.0 Å². The maximum atomic E-state index is 13.7. The molecule has 2 heterocycles. The first kappa shape index (κ1) is 23.1. The van der Waals surface area contributed by atoms with Crippen molar-refractivity contribution in [2.75, 3.05) is 32.8 Å². The fourth-order valence-corrected chi connectivity index (χ4v) is 3.89. The monoisotopic (exact) mass is 439 g/mol. The number of morpholine rings is 1. The van der Waals surface area contributed by atoms with E-state index in [1.54, 1.807) is 11.8 Å². The molecule has 170 valence electrons. The molecule has 0 bridgehead atoms. The third-order valence-electron chi connectivity index (χ3n) is 5.63. The van der Waals surface area contributed by atoms with E-state index in [1.165, 1.54) is 23.1 Å². The van der Waals surface area contributed by atoms with Gasteiger partial charge in [-0.05, 0) is 30.9 Å². The number of carbonyl (C=O) groups excluding carboxylic acids is 2. The van der Waals surface area contributed by atoms with Crippen LogP contribution in [0.2, 0.25) is 0 Å². The topological polar surface area (TPSA) is 61.9 Å². The van der Waals surface area contributed by atoms with Gasteiger partial charge in [0.2, 0.25) is 0 Å². The van der Waals surface area contributed by atoms with Crippen molar-refractivity contribution in [3.05, 3.63) is 46.7 Å². The first-order chi connectivity index (χ1) is 14.6. The van der Waals surface area contributed by atoms with Gasteiger partial charge in [0, 0.05) is 25.3 Å². The van der Waals surface area contributed by atoms with E-state index in [0.717, 1.165) is 6.07 Å². The van der Waals surface area contributed by atoms with Crippen LogP contribution in [0.25, 0.3) is 0 Å². The zero-order valence-corrected chi connectivity index (χ0v) is 18.0. The predicted octanol–water partition coefficient (Wildman–Crippen LogP) is 3.95. The molecule has 3 amide bonds. The number of rotatable bonds is 5. The van der Waals surface area contributed by atoms with Gasteiger partial charge in [-0.1, -0.05) is 32.0 Å². The molecule has 1 atom stereocenters. The molecule has 1 fully saturated rings. The zero-order chi connectivity index (χ0) is 22.8. The van der Waals surface area contributed by atoms with Gasteiger partial charge in [0.05, 0.1) is 30.4 Å². The number of urea groups is 1. The molecule has 0 unspecified atom stereocenters. The first-order valence-corrected chi connectivity index (χ1v) is 10.4. The van der Waals surface area contributed by atoms with Gasteiger partial charge in [-0.25, -0.2) is 4.79 Å². The maximum absolute atomic E-state index is 13.7. The fourth-order valence-electron chi connectivity index (χ4n) is 3.89. The molecule has 0 aromatic heterocycles. The summed E-state index contributed by atoms with van der Waals surface area (Å²) in [6.07, 6.45) is -3.91. The van der Waals surface area contributed by atoms with E-state index in [2.05, 4.69) is 5.32 Å². The first-order valence-electron chi connectivity index (χ1n) is 10.4. The SMILES string of the molecule is CC1=C(C(=O)N2CCOCC2)[C@@H](c2ccccc2C(F)(F)F)NC(=O)N1CCC(C)C. The maximum Gasteiger partial charge on any atom is 0.416 e. The number of allylic oxidation sites excluding steroid dienone is 1. The van der Waals surface area contributed by atoms with Gasteiger partial charge in [-0.15, -0.1) is 0 Å². The minimum Gasteiger partial charge on any atom is -0.378 e. The van der Waals surface area contributed by atoms with E-state index in [1.807, 2.05) is 13.8 Å². The summed E-state index contributed by atoms with van der Waals surface area (Å²) in [5.41, 5.74) is -0.441. The van der Waals surface area contributed by atoms with Gasteiger partial charge in [0.15, 0.2) is 0 Å². The quantitative estimate of drug-likeness (QED) is 0.756. The Morgan fingerprint density at radius 2 is 1.87 bits per heavy atom. The highest BCUT2D eigenvalue weighted by atomic mass is 19.4. The Labute approximate surface area is 180 Å². The molecule has 1 aromatic rings. The van der Waals surface area contributed by atoms with Crippen LogP contribution in [0.1, 0.15) is 44.4 Å². The third kappa shape index (κ3) is 5.03. The van der Waals surface area contributed by atoms with Gasteiger partial charge in [-0.2, -0.15) is 13.2 Å². The van der Waals surface area contributed by atoms with Crippen molar-refractivity contribution in [3.8, 4) is 0 Å². The molecule has 0 aliphatic carbocycles. The highest BCUT2D eigenvalue weighted by Crippen LogP contribution is 2.39. The van der Waals surface area contributed by atoms with Crippen LogP contribution in [-0.2, 0) is 15.7 Å². The molecule has 0 radical (unpaired) electrons. The Bertz CT molecular complexity index is 861. The number of nitrogens with zero attached hydrogens (tertiary/aromatic N) is 2. The van der Waals surface area contributed by atoms with Crippen molar-refractivity contribution < 1.29 is 27.5 Å². The van der Waals surface area contributed by atoms with Crippen molar-refractivity contribution in [3.63, 3.8) is 0 Å². The molecule has 2 aliphatic rings. The summed E-state index contributed by atoms with van der Waals surface area (Å²) in [7, 11) is 0. The highest BCUT2D eigenvalue weighted by molar-refractivity contribution is 5.98. The summed E-state index contributed by atoms with van der Waals surface area (Å²) < 4.78 is 46.5. The lowest BCUT2D eigenvalue weighted by Crippen LogP contribution is -2.51. The molecule has 1 N–H and O–H groups in total. The van der Waals surface area contributed by atoms with Crippen molar-refractivity contribution in [1.29, 1.82) is 0 Å². The second-order valence-corrected chi connectivity index (χ2v) is 8.21. The van der Waals surface area contributed by atoms with E-state index in [0.29, 0.717) is 50.9 Å². The molecule has 31 heavy (non-hydrogen) atoms. The summed E-state index contributed by atoms with van der Waals surface area (Å²) >= 11 is 0. The standard InChI is InChI=1S/C22H28F3N3O3/c1-14(2)8-9-28-15(3)18(20(29)27-10-12-31-13-11-27)19(26-21(28)30)16-6-4-5-7-17(16)22(23,24)25/h4-7,14,19H,8-13H2,1-3H3,(H,26,30)/t19-/m1/s1. The van der Waals surface area contributed by atoms with Crippen LogP contribution < -0.4 is 5.32 Å². The average molecular weight is 439 g/mol. The number of alkyl halides is 3. The normalized spacial score (nSPS) is 20.4. The third-order valence-corrected chi connectivity index (χ3v) is 5.63. The van der Waals surface area contributed by atoms with Gasteiger partial charge in [-0.3, -0.25) is 9.69 Å². The van der Waals surface area contributed by atoms with Crippen molar-refractivity contribution >= 4 is 11.9 Å².